The zero-order valence-corrected chi connectivity index (χ0v) is 16.1. The smallest absolute Gasteiger partial charge is 0.119 e. The summed E-state index contributed by atoms with van der Waals surface area (Å²) < 4.78 is 0. The fraction of sp³-hybridized carbons (Fsp3) is 0.478. The third-order valence-corrected chi connectivity index (χ3v) is 4.77. The third-order valence-electron chi connectivity index (χ3n) is 4.77. The first-order chi connectivity index (χ1) is 11.1. The SMILES string of the molecule is CCC(c1ccccc1)c1cc(C(C)(C)CC(C)(C)C)ccc1O. The molecule has 0 aromatic heterocycles. The average Bonchev–Trinajstić information content (AvgIpc) is 2.48. The van der Waals surface area contributed by atoms with Gasteiger partial charge in [-0.1, -0.05) is 84.0 Å². The summed E-state index contributed by atoms with van der Waals surface area (Å²) in [5.41, 5.74) is 3.96. The van der Waals surface area contributed by atoms with Crippen molar-refractivity contribution < 1.29 is 5.11 Å². The van der Waals surface area contributed by atoms with Gasteiger partial charge in [0.2, 0.25) is 0 Å². The minimum atomic E-state index is 0.0790. The quantitative estimate of drug-likeness (QED) is 0.653. The van der Waals surface area contributed by atoms with E-state index in [2.05, 4.69) is 77.9 Å². The van der Waals surface area contributed by atoms with E-state index < -0.39 is 0 Å². The minimum Gasteiger partial charge on any atom is -0.508 e. The van der Waals surface area contributed by atoms with Crippen LogP contribution in [0.3, 0.4) is 0 Å². The van der Waals surface area contributed by atoms with Gasteiger partial charge >= 0.3 is 0 Å². The summed E-state index contributed by atoms with van der Waals surface area (Å²) in [7, 11) is 0. The van der Waals surface area contributed by atoms with Gasteiger partial charge in [-0.3, -0.25) is 0 Å². The molecule has 0 heterocycles. The zero-order valence-electron chi connectivity index (χ0n) is 16.1. The molecule has 0 fully saturated rings. The Morgan fingerprint density at radius 2 is 1.54 bits per heavy atom. The highest BCUT2D eigenvalue weighted by atomic mass is 16.3. The number of hydrogen-bond acceptors (Lipinski definition) is 1. The van der Waals surface area contributed by atoms with Crippen LogP contribution in [0.2, 0.25) is 0 Å². The first-order valence-electron chi connectivity index (χ1n) is 9.02. The molecule has 1 atom stereocenters. The second-order valence-corrected chi connectivity index (χ2v) is 8.77. The van der Waals surface area contributed by atoms with E-state index in [1.165, 1.54) is 11.1 Å². The number of phenolic OH excluding ortho intramolecular Hbond substituents is 1. The Morgan fingerprint density at radius 3 is 2.08 bits per heavy atom. The summed E-state index contributed by atoms with van der Waals surface area (Å²) in [5, 5.41) is 10.5. The molecule has 1 N–H and O–H groups in total. The van der Waals surface area contributed by atoms with Crippen LogP contribution in [0.5, 0.6) is 5.75 Å². The van der Waals surface area contributed by atoms with Crippen LogP contribution in [0.1, 0.15) is 77.0 Å². The normalized spacial score (nSPS) is 13.8. The van der Waals surface area contributed by atoms with E-state index in [1.54, 1.807) is 0 Å². The second kappa shape index (κ2) is 7.01. The Bertz CT molecular complexity index is 662. The molecule has 0 saturated carbocycles. The van der Waals surface area contributed by atoms with Crippen LogP contribution in [-0.4, -0.2) is 5.11 Å². The fourth-order valence-corrected chi connectivity index (χ4v) is 4.00. The maximum atomic E-state index is 10.5. The van der Waals surface area contributed by atoms with Crippen LogP contribution in [0.4, 0.5) is 0 Å². The molecule has 2 rings (SSSR count). The Morgan fingerprint density at radius 1 is 0.917 bits per heavy atom. The van der Waals surface area contributed by atoms with Crippen molar-refractivity contribution in [2.75, 3.05) is 0 Å². The van der Waals surface area contributed by atoms with Gasteiger partial charge in [0.15, 0.2) is 0 Å². The number of hydrogen-bond donors (Lipinski definition) is 1. The number of rotatable bonds is 5. The third kappa shape index (κ3) is 4.41. The predicted molar refractivity (Wildman–Crippen MR) is 104 cm³/mol. The highest BCUT2D eigenvalue weighted by Crippen LogP contribution is 2.40. The van der Waals surface area contributed by atoms with Gasteiger partial charge in [0.1, 0.15) is 5.75 Å². The molecule has 0 amide bonds. The molecule has 0 aliphatic carbocycles. The van der Waals surface area contributed by atoms with Crippen molar-refractivity contribution in [3.8, 4) is 5.75 Å². The van der Waals surface area contributed by atoms with Crippen molar-refractivity contribution in [2.45, 2.75) is 65.7 Å². The summed E-state index contributed by atoms with van der Waals surface area (Å²) in [4.78, 5) is 0. The monoisotopic (exact) mass is 324 g/mol. The first kappa shape index (κ1) is 18.6. The second-order valence-electron chi connectivity index (χ2n) is 8.77. The minimum absolute atomic E-state index is 0.0790. The molecule has 0 bridgehead atoms. The number of phenols is 1. The molecular weight excluding hydrogens is 292 g/mol. The maximum Gasteiger partial charge on any atom is 0.119 e. The maximum absolute atomic E-state index is 10.5. The van der Waals surface area contributed by atoms with Crippen LogP contribution in [0.15, 0.2) is 48.5 Å². The van der Waals surface area contributed by atoms with Gasteiger partial charge < -0.3 is 5.11 Å². The lowest BCUT2D eigenvalue weighted by Gasteiger charge is -2.33. The topological polar surface area (TPSA) is 20.2 Å². The van der Waals surface area contributed by atoms with Gasteiger partial charge in [-0.25, -0.2) is 0 Å². The summed E-state index contributed by atoms with van der Waals surface area (Å²) in [5.74, 6) is 0.637. The lowest BCUT2D eigenvalue weighted by molar-refractivity contribution is 0.284. The van der Waals surface area contributed by atoms with Crippen LogP contribution in [0, 0.1) is 5.41 Å². The molecule has 1 heteroatoms. The largest absolute Gasteiger partial charge is 0.508 e. The molecule has 130 valence electrons. The fourth-order valence-electron chi connectivity index (χ4n) is 4.00. The molecule has 2 aromatic carbocycles. The highest BCUT2D eigenvalue weighted by molar-refractivity contribution is 5.45. The summed E-state index contributed by atoms with van der Waals surface area (Å²) in [6, 6.07) is 16.7. The van der Waals surface area contributed by atoms with Crippen LogP contribution < -0.4 is 0 Å². The summed E-state index contributed by atoms with van der Waals surface area (Å²) >= 11 is 0. The van der Waals surface area contributed by atoms with Gasteiger partial charge in [0.25, 0.3) is 0 Å². The molecule has 1 nitrogen and oxygen atoms in total. The van der Waals surface area contributed by atoms with Gasteiger partial charge in [-0.05, 0) is 40.9 Å². The van der Waals surface area contributed by atoms with E-state index in [0.717, 1.165) is 18.4 Å². The van der Waals surface area contributed by atoms with Crippen molar-refractivity contribution >= 4 is 0 Å². The van der Waals surface area contributed by atoms with Crippen molar-refractivity contribution in [1.29, 1.82) is 0 Å². The van der Waals surface area contributed by atoms with Gasteiger partial charge in [0.05, 0.1) is 0 Å². The average molecular weight is 325 g/mol. The van der Waals surface area contributed by atoms with E-state index in [-0.39, 0.29) is 16.7 Å². The van der Waals surface area contributed by atoms with Gasteiger partial charge in [0, 0.05) is 11.5 Å². The van der Waals surface area contributed by atoms with Crippen molar-refractivity contribution in [3.63, 3.8) is 0 Å². The Labute approximate surface area is 147 Å². The lowest BCUT2D eigenvalue weighted by atomic mass is 9.71. The van der Waals surface area contributed by atoms with E-state index in [4.69, 9.17) is 0 Å². The zero-order chi connectivity index (χ0) is 18.0. The molecule has 0 radical (unpaired) electrons. The molecular formula is C23H32O. The van der Waals surface area contributed by atoms with Gasteiger partial charge in [-0.2, -0.15) is 0 Å². The number of aromatic hydroxyl groups is 1. The summed E-state index contributed by atoms with van der Waals surface area (Å²) in [6.07, 6.45) is 2.08. The molecule has 1 unspecified atom stereocenters. The lowest BCUT2D eigenvalue weighted by Crippen LogP contribution is -2.25. The summed E-state index contributed by atoms with van der Waals surface area (Å²) in [6.45, 7) is 13.7. The van der Waals surface area contributed by atoms with E-state index in [0.29, 0.717) is 5.75 Å². The van der Waals surface area contributed by atoms with Crippen molar-refractivity contribution in [1.82, 2.24) is 0 Å². The number of benzene rings is 2. The highest BCUT2D eigenvalue weighted by Gasteiger charge is 2.28. The van der Waals surface area contributed by atoms with Crippen LogP contribution >= 0.6 is 0 Å². The molecule has 0 aliphatic rings. The van der Waals surface area contributed by atoms with E-state index >= 15 is 0 Å². The van der Waals surface area contributed by atoms with Gasteiger partial charge in [-0.15, -0.1) is 0 Å². The molecule has 0 spiro atoms. The Kier molecular flexibility index (Phi) is 5.42. The standard InChI is InChI=1S/C23H32O/c1-7-19(17-11-9-8-10-12-17)20-15-18(13-14-21(20)24)23(5,6)16-22(2,3)4/h8-15,19,24H,7,16H2,1-6H3. The van der Waals surface area contributed by atoms with Crippen molar-refractivity contribution in [3.05, 3.63) is 65.2 Å². The molecule has 0 aliphatic heterocycles. The van der Waals surface area contributed by atoms with Crippen molar-refractivity contribution in [2.24, 2.45) is 5.41 Å². The molecule has 2 aromatic rings. The molecule has 24 heavy (non-hydrogen) atoms. The predicted octanol–water partition coefficient (Wildman–Crippen LogP) is 6.65. The first-order valence-corrected chi connectivity index (χ1v) is 9.02. The van der Waals surface area contributed by atoms with E-state index in [1.807, 2.05) is 12.1 Å². The van der Waals surface area contributed by atoms with Crippen LogP contribution in [0.25, 0.3) is 0 Å². The van der Waals surface area contributed by atoms with E-state index in [9.17, 15) is 5.11 Å². The van der Waals surface area contributed by atoms with Crippen LogP contribution in [-0.2, 0) is 5.41 Å². The molecule has 0 saturated heterocycles. The Hall–Kier alpha value is -1.76. The Balaban J connectivity index is 2.45.